The first-order chi connectivity index (χ1) is 10.7. The number of rotatable bonds is 5. The van der Waals surface area contributed by atoms with E-state index in [9.17, 15) is 9.90 Å². The number of carboxylic acid groups (broad SMARTS) is 1. The van der Waals surface area contributed by atoms with Gasteiger partial charge in [-0.25, -0.2) is 9.78 Å². The van der Waals surface area contributed by atoms with Gasteiger partial charge in [0.05, 0.1) is 11.0 Å². The second-order valence-corrected chi connectivity index (χ2v) is 6.44. The van der Waals surface area contributed by atoms with Gasteiger partial charge >= 0.3 is 5.97 Å². The summed E-state index contributed by atoms with van der Waals surface area (Å²) in [5, 5.41) is 9.41. The average Bonchev–Trinajstić information content (AvgIpc) is 2.91. The lowest BCUT2D eigenvalue weighted by molar-refractivity contribution is -0.140. The molecule has 1 unspecified atom stereocenters. The summed E-state index contributed by atoms with van der Waals surface area (Å²) in [5.41, 5.74) is 1.82. The highest BCUT2D eigenvalue weighted by molar-refractivity contribution is 5.80. The molecule has 1 saturated carbocycles. The molecule has 3 rings (SSSR count). The molecule has 1 fully saturated rings. The van der Waals surface area contributed by atoms with Crippen LogP contribution in [-0.2, 0) is 11.2 Å². The standard InChI is InChI=1S/C18H24N2O2/c1-13(18(21)22)20-16-10-6-5-9-15(16)19-17(20)12-11-14-7-3-2-4-8-14/h5-6,9-10,13-14H,2-4,7-8,11-12H2,1H3,(H,21,22). The molecule has 1 atom stereocenters. The third kappa shape index (κ3) is 3.01. The lowest BCUT2D eigenvalue weighted by atomic mass is 9.86. The Morgan fingerprint density at radius 1 is 1.32 bits per heavy atom. The van der Waals surface area contributed by atoms with Crippen molar-refractivity contribution in [1.82, 2.24) is 9.55 Å². The van der Waals surface area contributed by atoms with Crippen LogP contribution in [-0.4, -0.2) is 20.6 Å². The number of carboxylic acids is 1. The first-order valence-electron chi connectivity index (χ1n) is 8.35. The van der Waals surface area contributed by atoms with Gasteiger partial charge in [0, 0.05) is 6.42 Å². The Hall–Kier alpha value is -1.84. The fourth-order valence-corrected chi connectivity index (χ4v) is 3.62. The van der Waals surface area contributed by atoms with E-state index in [1.807, 2.05) is 28.8 Å². The van der Waals surface area contributed by atoms with Crippen LogP contribution in [0.15, 0.2) is 24.3 Å². The van der Waals surface area contributed by atoms with Crippen molar-refractivity contribution < 1.29 is 9.90 Å². The van der Waals surface area contributed by atoms with Crippen LogP contribution in [0, 0.1) is 5.92 Å². The number of aryl methyl sites for hydroxylation is 1. The van der Waals surface area contributed by atoms with Crippen molar-refractivity contribution >= 4 is 17.0 Å². The number of fused-ring (bicyclic) bond motifs is 1. The highest BCUT2D eigenvalue weighted by Gasteiger charge is 2.22. The fraction of sp³-hybridized carbons (Fsp3) is 0.556. The lowest BCUT2D eigenvalue weighted by Gasteiger charge is -2.21. The first kappa shape index (κ1) is 15.1. The Balaban J connectivity index is 1.87. The van der Waals surface area contributed by atoms with E-state index in [1.165, 1.54) is 32.1 Å². The van der Waals surface area contributed by atoms with Gasteiger partial charge in [-0.05, 0) is 31.4 Å². The number of hydrogen-bond acceptors (Lipinski definition) is 2. The van der Waals surface area contributed by atoms with E-state index in [2.05, 4.69) is 0 Å². The molecule has 118 valence electrons. The third-order valence-electron chi connectivity index (χ3n) is 4.91. The van der Waals surface area contributed by atoms with Crippen molar-refractivity contribution in [3.8, 4) is 0 Å². The number of imidazole rings is 1. The molecule has 1 aliphatic rings. The molecule has 4 heteroatoms. The summed E-state index contributed by atoms with van der Waals surface area (Å²) >= 11 is 0. The monoisotopic (exact) mass is 300 g/mol. The highest BCUT2D eigenvalue weighted by Crippen LogP contribution is 2.29. The zero-order chi connectivity index (χ0) is 15.5. The largest absolute Gasteiger partial charge is 0.480 e. The summed E-state index contributed by atoms with van der Waals surface area (Å²) in [5.74, 6) is 0.894. The molecule has 0 aliphatic heterocycles. The average molecular weight is 300 g/mol. The van der Waals surface area contributed by atoms with Crippen LogP contribution in [0.2, 0.25) is 0 Å². The Morgan fingerprint density at radius 2 is 2.05 bits per heavy atom. The van der Waals surface area contributed by atoms with Crippen molar-refractivity contribution in [3.63, 3.8) is 0 Å². The van der Waals surface area contributed by atoms with Crippen molar-refractivity contribution in [2.45, 2.75) is 57.9 Å². The molecule has 4 nitrogen and oxygen atoms in total. The van der Waals surface area contributed by atoms with Gasteiger partial charge in [-0.15, -0.1) is 0 Å². The molecule has 1 aromatic heterocycles. The summed E-state index contributed by atoms with van der Waals surface area (Å²) in [6, 6.07) is 7.25. The topological polar surface area (TPSA) is 55.1 Å². The molecule has 0 bridgehead atoms. The maximum absolute atomic E-state index is 11.5. The Bertz CT molecular complexity index is 656. The second-order valence-electron chi connectivity index (χ2n) is 6.44. The van der Waals surface area contributed by atoms with E-state index < -0.39 is 12.0 Å². The van der Waals surface area contributed by atoms with Crippen molar-refractivity contribution in [2.75, 3.05) is 0 Å². The van der Waals surface area contributed by atoms with Gasteiger partial charge in [-0.1, -0.05) is 44.2 Å². The predicted octanol–water partition coefficient (Wildman–Crippen LogP) is 4.19. The number of para-hydroxylation sites is 2. The van der Waals surface area contributed by atoms with Crippen LogP contribution < -0.4 is 0 Å². The molecule has 1 aromatic carbocycles. The van der Waals surface area contributed by atoms with E-state index in [-0.39, 0.29) is 0 Å². The van der Waals surface area contributed by atoms with Crippen LogP contribution in [0.1, 0.15) is 57.3 Å². The molecule has 0 spiro atoms. The second kappa shape index (κ2) is 6.51. The Labute approximate surface area is 131 Å². The Morgan fingerprint density at radius 3 is 2.77 bits per heavy atom. The number of aromatic nitrogens is 2. The van der Waals surface area contributed by atoms with E-state index in [4.69, 9.17) is 4.98 Å². The number of nitrogens with zero attached hydrogens (tertiary/aromatic N) is 2. The van der Waals surface area contributed by atoms with E-state index in [1.54, 1.807) is 6.92 Å². The molecule has 0 amide bonds. The quantitative estimate of drug-likeness (QED) is 0.900. The smallest absolute Gasteiger partial charge is 0.326 e. The molecular formula is C18H24N2O2. The van der Waals surface area contributed by atoms with Gasteiger partial charge in [-0.2, -0.15) is 0 Å². The van der Waals surface area contributed by atoms with Gasteiger partial charge < -0.3 is 9.67 Å². The highest BCUT2D eigenvalue weighted by atomic mass is 16.4. The van der Waals surface area contributed by atoms with Gasteiger partial charge in [0.1, 0.15) is 11.9 Å². The maximum Gasteiger partial charge on any atom is 0.326 e. The molecule has 1 aliphatic carbocycles. The van der Waals surface area contributed by atoms with Crippen LogP contribution in [0.3, 0.4) is 0 Å². The van der Waals surface area contributed by atoms with Gasteiger partial charge in [0.25, 0.3) is 0 Å². The SMILES string of the molecule is CC(C(=O)O)n1c(CCC2CCCCC2)nc2ccccc21. The summed E-state index contributed by atoms with van der Waals surface area (Å²) in [6.45, 7) is 1.74. The zero-order valence-corrected chi connectivity index (χ0v) is 13.2. The molecule has 22 heavy (non-hydrogen) atoms. The van der Waals surface area contributed by atoms with E-state index >= 15 is 0 Å². The maximum atomic E-state index is 11.5. The van der Waals surface area contributed by atoms with Gasteiger partial charge in [-0.3, -0.25) is 0 Å². The molecule has 0 radical (unpaired) electrons. The zero-order valence-electron chi connectivity index (χ0n) is 13.2. The van der Waals surface area contributed by atoms with Gasteiger partial charge in [0.2, 0.25) is 0 Å². The summed E-state index contributed by atoms with van der Waals surface area (Å²) in [6.07, 6.45) is 8.67. The van der Waals surface area contributed by atoms with Crippen LogP contribution in [0.25, 0.3) is 11.0 Å². The molecule has 1 N–H and O–H groups in total. The Kier molecular flexibility index (Phi) is 4.46. The van der Waals surface area contributed by atoms with E-state index in [0.717, 1.165) is 35.6 Å². The van der Waals surface area contributed by atoms with Crippen molar-refractivity contribution in [2.24, 2.45) is 5.92 Å². The third-order valence-corrected chi connectivity index (χ3v) is 4.91. The first-order valence-corrected chi connectivity index (χ1v) is 8.35. The molecule has 2 aromatic rings. The van der Waals surface area contributed by atoms with Gasteiger partial charge in [0.15, 0.2) is 0 Å². The molecule has 1 heterocycles. The summed E-state index contributed by atoms with van der Waals surface area (Å²) in [4.78, 5) is 16.2. The molecular weight excluding hydrogens is 276 g/mol. The summed E-state index contributed by atoms with van der Waals surface area (Å²) < 4.78 is 1.90. The van der Waals surface area contributed by atoms with E-state index in [0.29, 0.717) is 0 Å². The fourth-order valence-electron chi connectivity index (χ4n) is 3.62. The predicted molar refractivity (Wildman–Crippen MR) is 87.0 cm³/mol. The number of aliphatic carboxylic acids is 1. The number of carbonyl (C=O) groups is 1. The summed E-state index contributed by atoms with van der Waals surface area (Å²) in [7, 11) is 0. The van der Waals surface area contributed by atoms with Crippen LogP contribution >= 0.6 is 0 Å². The lowest BCUT2D eigenvalue weighted by Crippen LogP contribution is -2.18. The van der Waals surface area contributed by atoms with Crippen molar-refractivity contribution in [1.29, 1.82) is 0 Å². The minimum Gasteiger partial charge on any atom is -0.480 e. The number of hydrogen-bond donors (Lipinski definition) is 1. The minimum atomic E-state index is -0.804. The van der Waals surface area contributed by atoms with Crippen molar-refractivity contribution in [3.05, 3.63) is 30.1 Å². The molecule has 0 saturated heterocycles. The van der Waals surface area contributed by atoms with Crippen LogP contribution in [0.4, 0.5) is 0 Å². The minimum absolute atomic E-state index is 0.575. The number of benzene rings is 1. The normalized spacial score (nSPS) is 17.7. The van der Waals surface area contributed by atoms with Crippen LogP contribution in [0.5, 0.6) is 0 Å².